The fraction of sp³-hybridized carbons (Fsp3) is 0.423. The van der Waals surface area contributed by atoms with E-state index in [0.29, 0.717) is 19.6 Å². The van der Waals surface area contributed by atoms with E-state index >= 15 is 0 Å². The fourth-order valence-electron chi connectivity index (χ4n) is 4.65. The molecule has 186 valence electrons. The van der Waals surface area contributed by atoms with E-state index in [-0.39, 0.29) is 31.9 Å². The maximum atomic E-state index is 12.8. The zero-order chi connectivity index (χ0) is 24.8. The third-order valence-corrected chi connectivity index (χ3v) is 6.68. The number of methoxy groups -OCH3 is 1. The highest BCUT2D eigenvalue weighted by Gasteiger charge is 2.36. The summed E-state index contributed by atoms with van der Waals surface area (Å²) in [4.78, 5) is 36.6. The molecular formula is C26H30N2O7. The van der Waals surface area contributed by atoms with Gasteiger partial charge in [-0.3, -0.25) is 9.59 Å². The van der Waals surface area contributed by atoms with Crippen LogP contribution in [0.2, 0.25) is 0 Å². The van der Waals surface area contributed by atoms with Gasteiger partial charge in [0.1, 0.15) is 18.2 Å². The summed E-state index contributed by atoms with van der Waals surface area (Å²) < 4.78 is 16.4. The fourth-order valence-corrected chi connectivity index (χ4v) is 4.65. The smallest absolute Gasteiger partial charge is 0.407 e. The van der Waals surface area contributed by atoms with E-state index in [2.05, 4.69) is 10.6 Å². The van der Waals surface area contributed by atoms with Crippen molar-refractivity contribution >= 4 is 18.0 Å². The lowest BCUT2D eigenvalue weighted by Gasteiger charge is -2.27. The van der Waals surface area contributed by atoms with Gasteiger partial charge in [-0.2, -0.15) is 0 Å². The Morgan fingerprint density at radius 3 is 2.34 bits per heavy atom. The first-order valence-corrected chi connectivity index (χ1v) is 11.7. The van der Waals surface area contributed by atoms with Crippen molar-refractivity contribution in [1.29, 1.82) is 0 Å². The first-order valence-electron chi connectivity index (χ1n) is 11.7. The van der Waals surface area contributed by atoms with Crippen LogP contribution in [0.15, 0.2) is 48.5 Å². The van der Waals surface area contributed by atoms with Crippen molar-refractivity contribution in [2.45, 2.75) is 36.8 Å². The topological polar surface area (TPSA) is 123 Å². The quantitative estimate of drug-likeness (QED) is 0.476. The van der Waals surface area contributed by atoms with Gasteiger partial charge in [0, 0.05) is 39.0 Å². The number of rotatable bonds is 10. The summed E-state index contributed by atoms with van der Waals surface area (Å²) in [6.45, 7) is 1.17. The third-order valence-electron chi connectivity index (χ3n) is 6.68. The number of amides is 2. The summed E-state index contributed by atoms with van der Waals surface area (Å²) >= 11 is 0. The number of nitrogens with one attached hydrogen (secondary N) is 2. The van der Waals surface area contributed by atoms with Gasteiger partial charge in [0.2, 0.25) is 5.91 Å². The molecule has 0 bridgehead atoms. The van der Waals surface area contributed by atoms with Crippen molar-refractivity contribution in [3.05, 3.63) is 59.7 Å². The molecule has 0 radical (unpaired) electrons. The molecule has 35 heavy (non-hydrogen) atoms. The predicted octanol–water partition coefficient (Wildman–Crippen LogP) is 2.68. The van der Waals surface area contributed by atoms with E-state index in [0.717, 1.165) is 22.3 Å². The van der Waals surface area contributed by atoms with Gasteiger partial charge in [0.15, 0.2) is 0 Å². The minimum atomic E-state index is -1.06. The molecule has 0 spiro atoms. The van der Waals surface area contributed by atoms with Crippen molar-refractivity contribution in [3.8, 4) is 11.1 Å². The number of fused-ring (bicyclic) bond motifs is 3. The van der Waals surface area contributed by atoms with Crippen LogP contribution in [-0.4, -0.2) is 68.2 Å². The van der Waals surface area contributed by atoms with Crippen LogP contribution in [0.5, 0.6) is 0 Å². The van der Waals surface area contributed by atoms with Crippen LogP contribution in [0.3, 0.4) is 0 Å². The zero-order valence-electron chi connectivity index (χ0n) is 19.6. The molecule has 9 nitrogen and oxygen atoms in total. The third kappa shape index (κ3) is 5.63. The molecule has 0 saturated carbocycles. The number of aliphatic carboxylic acids is 1. The second kappa shape index (κ2) is 10.9. The minimum absolute atomic E-state index is 0.0676. The first kappa shape index (κ1) is 24.7. The molecule has 2 aromatic carbocycles. The molecule has 0 aromatic heterocycles. The Balaban J connectivity index is 1.38. The van der Waals surface area contributed by atoms with Gasteiger partial charge in [-0.25, -0.2) is 4.79 Å². The van der Waals surface area contributed by atoms with Crippen LogP contribution in [0.1, 0.15) is 36.3 Å². The lowest BCUT2D eigenvalue weighted by atomic mass is 9.98. The van der Waals surface area contributed by atoms with E-state index < -0.39 is 29.6 Å². The highest BCUT2D eigenvalue weighted by Crippen LogP contribution is 2.44. The highest BCUT2D eigenvalue weighted by molar-refractivity contribution is 5.86. The van der Waals surface area contributed by atoms with Gasteiger partial charge in [-0.05, 0) is 28.7 Å². The largest absolute Gasteiger partial charge is 0.481 e. The number of carbonyl (C=O) groups excluding carboxylic acids is 2. The van der Waals surface area contributed by atoms with Crippen LogP contribution >= 0.6 is 0 Å². The first-order chi connectivity index (χ1) is 16.9. The van der Waals surface area contributed by atoms with Crippen molar-refractivity contribution in [1.82, 2.24) is 10.6 Å². The number of carboxylic acids is 1. The maximum absolute atomic E-state index is 12.8. The monoisotopic (exact) mass is 482 g/mol. The molecule has 4 rings (SSSR count). The summed E-state index contributed by atoms with van der Waals surface area (Å²) in [7, 11) is 1.55. The second-order valence-electron chi connectivity index (χ2n) is 8.86. The molecule has 1 aliphatic heterocycles. The number of benzene rings is 2. The van der Waals surface area contributed by atoms with Crippen molar-refractivity contribution in [3.63, 3.8) is 0 Å². The van der Waals surface area contributed by atoms with Gasteiger partial charge >= 0.3 is 12.1 Å². The molecule has 2 aromatic rings. The molecule has 2 amide bonds. The minimum Gasteiger partial charge on any atom is -0.481 e. The van der Waals surface area contributed by atoms with Gasteiger partial charge in [0.25, 0.3) is 0 Å². The maximum Gasteiger partial charge on any atom is 0.407 e. The van der Waals surface area contributed by atoms with Crippen molar-refractivity contribution in [2.75, 3.05) is 33.5 Å². The van der Waals surface area contributed by atoms with E-state index in [1.165, 1.54) is 0 Å². The number of hydrogen-bond acceptors (Lipinski definition) is 6. The Labute approximate surface area is 203 Å². The molecule has 3 N–H and O–H groups in total. The Bertz CT molecular complexity index is 1040. The Hall–Kier alpha value is -3.43. The predicted molar refractivity (Wildman–Crippen MR) is 127 cm³/mol. The number of carbonyl (C=O) groups is 3. The van der Waals surface area contributed by atoms with Crippen molar-refractivity contribution < 1.29 is 33.7 Å². The van der Waals surface area contributed by atoms with Crippen LogP contribution in [0.25, 0.3) is 11.1 Å². The second-order valence-corrected chi connectivity index (χ2v) is 8.86. The molecule has 1 fully saturated rings. The standard InChI is InChI=1S/C26H30N2O7/c1-33-26(12-13-34-16-26)15-27-24(31)22(10-11-23(29)30)28-25(32)35-14-21-19-8-4-2-6-17(19)18-7-3-5-9-20(18)21/h2-9,21-22H,10-16H2,1H3,(H,27,31)(H,28,32)(H,29,30). The van der Waals surface area contributed by atoms with E-state index in [4.69, 9.17) is 19.3 Å². The van der Waals surface area contributed by atoms with Crippen molar-refractivity contribution in [2.24, 2.45) is 0 Å². The zero-order valence-corrected chi connectivity index (χ0v) is 19.6. The Kier molecular flexibility index (Phi) is 7.67. The molecule has 2 aliphatic rings. The van der Waals surface area contributed by atoms with Crippen LogP contribution in [0, 0.1) is 0 Å². The highest BCUT2D eigenvalue weighted by atomic mass is 16.6. The van der Waals surface area contributed by atoms with E-state index in [1.807, 2.05) is 48.5 Å². The molecule has 1 saturated heterocycles. The summed E-state index contributed by atoms with van der Waals surface area (Å²) in [5.41, 5.74) is 3.74. The van der Waals surface area contributed by atoms with Gasteiger partial charge < -0.3 is 30.0 Å². The number of hydrogen-bond donors (Lipinski definition) is 3. The SMILES string of the molecule is COC1(CNC(=O)C(CCC(=O)O)NC(=O)OCC2c3ccccc3-c3ccccc32)CCOC1. The lowest BCUT2D eigenvalue weighted by Crippen LogP contribution is -2.52. The average Bonchev–Trinajstić information content (AvgIpc) is 3.47. The van der Waals surface area contributed by atoms with Crippen LogP contribution < -0.4 is 10.6 Å². The number of ether oxygens (including phenoxy) is 3. The van der Waals surface area contributed by atoms with Gasteiger partial charge in [-0.15, -0.1) is 0 Å². The van der Waals surface area contributed by atoms with E-state index in [1.54, 1.807) is 7.11 Å². The lowest BCUT2D eigenvalue weighted by molar-refractivity contribution is -0.137. The molecule has 1 aliphatic carbocycles. The summed E-state index contributed by atoms with van der Waals surface area (Å²) in [6, 6.07) is 14.9. The van der Waals surface area contributed by atoms with Gasteiger partial charge in [0.05, 0.1) is 6.61 Å². The Morgan fingerprint density at radius 1 is 1.11 bits per heavy atom. The molecule has 1 heterocycles. The molecule has 2 unspecified atom stereocenters. The summed E-state index contributed by atoms with van der Waals surface area (Å²) in [6.07, 6.45) is -0.492. The number of alkyl carbamates (subject to hydrolysis) is 1. The Morgan fingerprint density at radius 2 is 1.77 bits per heavy atom. The normalized spacial score (nSPS) is 19.5. The average molecular weight is 483 g/mol. The van der Waals surface area contributed by atoms with Gasteiger partial charge in [-0.1, -0.05) is 48.5 Å². The van der Waals surface area contributed by atoms with Crippen LogP contribution in [0.4, 0.5) is 4.79 Å². The van der Waals surface area contributed by atoms with E-state index in [9.17, 15) is 14.4 Å². The number of carboxylic acid groups (broad SMARTS) is 1. The van der Waals surface area contributed by atoms with Crippen LogP contribution in [-0.2, 0) is 23.8 Å². The molecule has 9 heteroatoms. The summed E-state index contributed by atoms with van der Waals surface area (Å²) in [5, 5.41) is 14.4. The molecule has 2 atom stereocenters. The summed E-state index contributed by atoms with van der Waals surface area (Å²) in [5.74, 6) is -1.68. The molecular weight excluding hydrogens is 452 g/mol.